The summed E-state index contributed by atoms with van der Waals surface area (Å²) in [7, 11) is -4.02. The molecule has 1 aromatic heterocycles. The molecule has 152 valence electrons. The highest BCUT2D eigenvalue weighted by molar-refractivity contribution is 7.96. The zero-order valence-corrected chi connectivity index (χ0v) is 15.9. The van der Waals surface area contributed by atoms with E-state index in [1.165, 1.54) is 6.92 Å². The number of allylic oxidation sites excluding steroid dienone is 1. The highest BCUT2D eigenvalue weighted by Crippen LogP contribution is 2.25. The number of hydrogen-bond donors (Lipinski definition) is 3. The number of aromatic nitrogens is 1. The van der Waals surface area contributed by atoms with Crippen LogP contribution in [-0.2, 0) is 9.84 Å². The summed E-state index contributed by atoms with van der Waals surface area (Å²) in [4.78, 5) is 15.7. The summed E-state index contributed by atoms with van der Waals surface area (Å²) in [6, 6.07) is 7.70. The normalized spacial score (nSPS) is 16.6. The number of pyridine rings is 1. The molecule has 11 nitrogen and oxygen atoms in total. The Morgan fingerprint density at radius 2 is 1.97 bits per heavy atom. The monoisotopic (exact) mass is 419 g/mol. The predicted octanol–water partition coefficient (Wildman–Crippen LogP) is 1.30. The second-order valence-electron chi connectivity index (χ2n) is 5.76. The number of phenols is 1. The van der Waals surface area contributed by atoms with Gasteiger partial charge in [-0.15, -0.1) is 0 Å². The third kappa shape index (κ3) is 4.46. The van der Waals surface area contributed by atoms with E-state index in [-0.39, 0.29) is 5.75 Å². The molecule has 1 heterocycles. The number of nitrogens with two attached hydrogens (primary N) is 1. The Balaban J connectivity index is 0.000000230. The predicted molar refractivity (Wildman–Crippen MR) is 104 cm³/mol. The van der Waals surface area contributed by atoms with E-state index in [1.807, 2.05) is 18.2 Å². The Bertz CT molecular complexity index is 1180. The highest BCUT2D eigenvalue weighted by Gasteiger charge is 2.45. The van der Waals surface area contributed by atoms with E-state index < -0.39 is 48.6 Å². The van der Waals surface area contributed by atoms with Crippen LogP contribution in [0.2, 0.25) is 0 Å². The lowest BCUT2D eigenvalue weighted by Gasteiger charge is -2.13. The second kappa shape index (κ2) is 8.61. The molecule has 0 fully saturated rings. The number of nitrogens with zero attached hydrogens (tertiary/aromatic N) is 4. The van der Waals surface area contributed by atoms with Crippen molar-refractivity contribution in [3.8, 4) is 5.75 Å². The van der Waals surface area contributed by atoms with E-state index in [0.717, 1.165) is 5.39 Å². The van der Waals surface area contributed by atoms with Crippen LogP contribution < -0.4 is 5.73 Å². The summed E-state index contributed by atoms with van der Waals surface area (Å²) in [5.41, 5.74) is 13.3. The summed E-state index contributed by atoms with van der Waals surface area (Å²) in [6.07, 6.45) is 2.31. The smallest absolute Gasteiger partial charge is 0.341 e. The maximum absolute atomic E-state index is 11.8. The van der Waals surface area contributed by atoms with Crippen molar-refractivity contribution >= 4 is 26.5 Å². The van der Waals surface area contributed by atoms with Gasteiger partial charge in [0.25, 0.3) is 5.70 Å². The number of nitro groups is 1. The lowest BCUT2D eigenvalue weighted by molar-refractivity contribution is -0.419. The Hall–Kier alpha value is -3.60. The summed E-state index contributed by atoms with van der Waals surface area (Å²) in [6.45, 7) is 1.28. The average Bonchev–Trinajstić information content (AvgIpc) is 2.70. The third-order valence-electron chi connectivity index (χ3n) is 3.97. The number of aliphatic hydroxyl groups is 1. The Kier molecular flexibility index (Phi) is 6.44. The lowest BCUT2D eigenvalue weighted by atomic mass is 10.0. The molecular weight excluding hydrogens is 402 g/mol. The van der Waals surface area contributed by atoms with Crippen LogP contribution in [0.3, 0.4) is 0 Å². The molecule has 4 N–H and O–H groups in total. The molecule has 0 saturated carbocycles. The van der Waals surface area contributed by atoms with Gasteiger partial charge in [-0.05, 0) is 12.1 Å². The molecule has 0 spiro atoms. The summed E-state index contributed by atoms with van der Waals surface area (Å²) in [5, 5.41) is 30.4. The first-order chi connectivity index (χ1) is 13.6. The van der Waals surface area contributed by atoms with Crippen molar-refractivity contribution in [3.05, 3.63) is 74.6 Å². The number of sulfone groups is 1. The maximum atomic E-state index is 11.8. The molecule has 29 heavy (non-hydrogen) atoms. The van der Waals surface area contributed by atoms with Gasteiger partial charge in [0.1, 0.15) is 17.0 Å². The van der Waals surface area contributed by atoms with Crippen LogP contribution in [0.15, 0.2) is 59.0 Å². The zero-order chi connectivity index (χ0) is 21.8. The van der Waals surface area contributed by atoms with Gasteiger partial charge in [-0.25, -0.2) is 8.42 Å². The summed E-state index contributed by atoms with van der Waals surface area (Å²) in [5.74, 6) is -0.840. The number of aliphatic hydroxyl groups excluding tert-OH is 1. The van der Waals surface area contributed by atoms with Crippen molar-refractivity contribution in [2.24, 2.45) is 5.73 Å². The molecule has 1 unspecified atom stereocenters. The van der Waals surface area contributed by atoms with Crippen molar-refractivity contribution in [1.29, 1.82) is 0 Å². The van der Waals surface area contributed by atoms with Gasteiger partial charge in [-0.2, -0.15) is 4.79 Å². The van der Waals surface area contributed by atoms with Crippen molar-refractivity contribution in [3.63, 3.8) is 0 Å². The zero-order valence-electron chi connectivity index (χ0n) is 15.1. The fraction of sp³-hybridized carbons (Fsp3) is 0.176. The van der Waals surface area contributed by atoms with E-state index in [2.05, 4.69) is 9.77 Å². The van der Waals surface area contributed by atoms with Crippen LogP contribution in [0, 0.1) is 10.1 Å². The van der Waals surface area contributed by atoms with Gasteiger partial charge in [0.05, 0.1) is 16.8 Å². The molecule has 0 aliphatic heterocycles. The third-order valence-corrected chi connectivity index (χ3v) is 5.77. The molecule has 2 aromatic rings. The van der Waals surface area contributed by atoms with E-state index in [4.69, 9.17) is 11.3 Å². The molecule has 12 heteroatoms. The number of fused-ring (bicyclic) bond motifs is 1. The Morgan fingerprint density at radius 3 is 2.52 bits per heavy atom. The van der Waals surface area contributed by atoms with Gasteiger partial charge in [0, 0.05) is 11.6 Å². The lowest BCUT2D eigenvalue weighted by Crippen LogP contribution is -2.40. The van der Waals surface area contributed by atoms with E-state index >= 15 is 0 Å². The first-order valence-electron chi connectivity index (χ1n) is 8.16. The fourth-order valence-corrected chi connectivity index (χ4v) is 3.73. The van der Waals surface area contributed by atoms with Gasteiger partial charge in [-0.3, -0.25) is 15.1 Å². The molecule has 3 rings (SSSR count). The highest BCUT2D eigenvalue weighted by atomic mass is 32.2. The molecule has 0 saturated heterocycles. The molecule has 0 bridgehead atoms. The minimum atomic E-state index is -4.02. The SMILES string of the molecule is CCS(=O)(=O)C1=C([N+](=O)[O-])C=C(O)C(N)C1=[N+]=[N-].Oc1cccc2cccnc12. The largest absolute Gasteiger partial charge is 0.510 e. The van der Waals surface area contributed by atoms with Crippen LogP contribution in [0.1, 0.15) is 6.92 Å². The van der Waals surface area contributed by atoms with Crippen LogP contribution in [0.4, 0.5) is 0 Å². The van der Waals surface area contributed by atoms with Crippen molar-refractivity contribution in [2.75, 3.05) is 5.75 Å². The van der Waals surface area contributed by atoms with Crippen LogP contribution in [0.25, 0.3) is 16.4 Å². The Morgan fingerprint density at radius 1 is 1.31 bits per heavy atom. The number of phenolic OH excluding ortho intramolecular Hbond substituents is 1. The van der Waals surface area contributed by atoms with E-state index in [9.17, 15) is 28.7 Å². The molecule has 1 aliphatic carbocycles. The molecule has 0 radical (unpaired) electrons. The first-order valence-corrected chi connectivity index (χ1v) is 9.81. The standard InChI is InChI=1S/C9H7NO.C8H10N4O5S/c11-8-5-1-3-7-4-2-6-10-9(7)8;1-2-18(16,17)8-4(12(14)15)3-5(13)6(9)7(8)11-10/h1-6,11H;3,6,13H,2,9H2,1H3. The quantitative estimate of drug-likeness (QED) is 0.286. The topological polar surface area (TPSA) is 193 Å². The number of benzene rings is 1. The minimum absolute atomic E-state index is 0.239. The number of para-hydroxylation sites is 1. The molecule has 1 aliphatic rings. The van der Waals surface area contributed by atoms with Gasteiger partial charge >= 0.3 is 5.71 Å². The van der Waals surface area contributed by atoms with Gasteiger partial charge < -0.3 is 21.5 Å². The molecular formula is C17H17N5O6S. The van der Waals surface area contributed by atoms with Crippen molar-refractivity contribution in [2.45, 2.75) is 13.0 Å². The van der Waals surface area contributed by atoms with E-state index in [1.54, 1.807) is 18.3 Å². The minimum Gasteiger partial charge on any atom is -0.510 e. The number of hydrogen-bond acceptors (Lipinski definition) is 8. The maximum Gasteiger partial charge on any atom is 0.341 e. The van der Waals surface area contributed by atoms with Gasteiger partial charge in [0.15, 0.2) is 15.9 Å². The van der Waals surface area contributed by atoms with Gasteiger partial charge in [-0.1, -0.05) is 25.1 Å². The molecule has 0 amide bonds. The van der Waals surface area contributed by atoms with Crippen molar-refractivity contribution in [1.82, 2.24) is 4.98 Å². The fourth-order valence-electron chi connectivity index (χ4n) is 2.50. The number of rotatable bonds is 3. The molecule has 1 atom stereocenters. The van der Waals surface area contributed by atoms with Crippen LogP contribution >= 0.6 is 0 Å². The first kappa shape index (κ1) is 21.7. The van der Waals surface area contributed by atoms with Crippen LogP contribution in [0.5, 0.6) is 5.75 Å². The second-order valence-corrected chi connectivity index (χ2v) is 7.97. The number of aromatic hydroxyl groups is 1. The molecule has 1 aromatic carbocycles. The van der Waals surface area contributed by atoms with Crippen molar-refractivity contribution < 1.29 is 28.3 Å². The van der Waals surface area contributed by atoms with Gasteiger partial charge in [0.2, 0.25) is 4.91 Å². The Labute approximate surface area is 165 Å². The van der Waals surface area contributed by atoms with Crippen LogP contribution in [-0.4, -0.2) is 50.8 Å². The summed E-state index contributed by atoms with van der Waals surface area (Å²) >= 11 is 0. The average molecular weight is 419 g/mol. The summed E-state index contributed by atoms with van der Waals surface area (Å²) < 4.78 is 23.5. The van der Waals surface area contributed by atoms with E-state index in [0.29, 0.717) is 11.6 Å².